The normalized spacial score (nSPS) is 11.6. The number of nitrogens with one attached hydrogen (secondary N) is 2. The van der Waals surface area contributed by atoms with Crippen molar-refractivity contribution in [3.8, 4) is 5.69 Å². The highest BCUT2D eigenvalue weighted by Gasteiger charge is 2.31. The number of nitrogens with zero attached hydrogens (tertiary/aromatic N) is 3. The molecule has 0 atom stereocenters. The predicted molar refractivity (Wildman–Crippen MR) is 103 cm³/mol. The number of benzene rings is 2. The molecule has 0 bridgehead atoms. The summed E-state index contributed by atoms with van der Waals surface area (Å²) in [6, 6.07) is 13.2. The summed E-state index contributed by atoms with van der Waals surface area (Å²) in [5, 5.41) is 5.64. The van der Waals surface area contributed by atoms with Crippen molar-refractivity contribution in [1.29, 1.82) is 0 Å². The third-order valence-electron chi connectivity index (χ3n) is 4.34. The van der Waals surface area contributed by atoms with Gasteiger partial charge in [-0.15, -0.1) is 0 Å². The van der Waals surface area contributed by atoms with Crippen molar-refractivity contribution in [1.82, 2.24) is 14.5 Å². The van der Waals surface area contributed by atoms with E-state index in [1.165, 1.54) is 6.20 Å². The van der Waals surface area contributed by atoms with Gasteiger partial charge in [0.15, 0.2) is 0 Å². The maximum atomic E-state index is 14.1. The predicted octanol–water partition coefficient (Wildman–Crippen LogP) is 5.36. The summed E-state index contributed by atoms with van der Waals surface area (Å²) in [5.74, 6) is -0.0572. The van der Waals surface area contributed by atoms with Crippen molar-refractivity contribution >= 4 is 28.5 Å². The van der Waals surface area contributed by atoms with E-state index in [2.05, 4.69) is 20.6 Å². The lowest BCUT2D eigenvalue weighted by Crippen LogP contribution is -2.06. The minimum Gasteiger partial charge on any atom is -0.358 e. The number of rotatable bonds is 4. The van der Waals surface area contributed by atoms with Gasteiger partial charge in [0.05, 0.1) is 23.0 Å². The summed E-state index contributed by atoms with van der Waals surface area (Å²) in [7, 11) is 1.73. The van der Waals surface area contributed by atoms with Crippen LogP contribution in [0.4, 0.5) is 35.0 Å². The molecule has 0 saturated carbocycles. The second kappa shape index (κ2) is 7.08. The molecule has 0 fully saturated rings. The van der Waals surface area contributed by atoms with Crippen molar-refractivity contribution in [2.24, 2.45) is 0 Å². The van der Waals surface area contributed by atoms with Gasteiger partial charge in [0, 0.05) is 18.8 Å². The first kappa shape index (κ1) is 18.7. The molecule has 4 rings (SSSR count). The lowest BCUT2D eigenvalue weighted by molar-refractivity contribution is -0.137. The van der Waals surface area contributed by atoms with E-state index in [0.29, 0.717) is 29.1 Å². The highest BCUT2D eigenvalue weighted by Crippen LogP contribution is 2.33. The van der Waals surface area contributed by atoms with Crippen LogP contribution >= 0.6 is 0 Å². The number of alkyl halides is 3. The second-order valence-corrected chi connectivity index (χ2v) is 6.23. The van der Waals surface area contributed by atoms with Gasteiger partial charge in [-0.1, -0.05) is 18.2 Å². The van der Waals surface area contributed by atoms with Gasteiger partial charge in [0.25, 0.3) is 0 Å². The molecule has 2 N–H and O–H groups in total. The molecule has 0 aliphatic carbocycles. The Morgan fingerprint density at radius 2 is 1.76 bits per heavy atom. The molecule has 2 heterocycles. The van der Waals surface area contributed by atoms with Crippen molar-refractivity contribution in [2.75, 3.05) is 17.7 Å². The average Bonchev–Trinajstić information content (AvgIpc) is 3.07. The zero-order valence-electron chi connectivity index (χ0n) is 15.1. The van der Waals surface area contributed by atoms with Crippen LogP contribution in [-0.4, -0.2) is 21.6 Å². The fourth-order valence-electron chi connectivity index (χ4n) is 2.99. The number of para-hydroxylation sites is 1. The lowest BCUT2D eigenvalue weighted by atomic mass is 10.2. The number of anilines is 3. The molecule has 5 nitrogen and oxygen atoms in total. The van der Waals surface area contributed by atoms with Crippen molar-refractivity contribution in [3.05, 3.63) is 72.2 Å². The van der Waals surface area contributed by atoms with Gasteiger partial charge < -0.3 is 10.6 Å². The van der Waals surface area contributed by atoms with Gasteiger partial charge in [-0.05, 0) is 30.3 Å². The van der Waals surface area contributed by atoms with E-state index in [1.54, 1.807) is 13.1 Å². The van der Waals surface area contributed by atoms with Crippen molar-refractivity contribution < 1.29 is 17.6 Å². The van der Waals surface area contributed by atoms with E-state index >= 15 is 0 Å². The molecule has 2 aromatic heterocycles. The van der Waals surface area contributed by atoms with Gasteiger partial charge in [0.2, 0.25) is 5.95 Å². The summed E-state index contributed by atoms with van der Waals surface area (Å²) in [6.07, 6.45) is -3.10. The lowest BCUT2D eigenvalue weighted by Gasteiger charge is -2.12. The molecule has 0 spiro atoms. The Kier molecular flexibility index (Phi) is 4.57. The van der Waals surface area contributed by atoms with Crippen LogP contribution < -0.4 is 10.6 Å². The minimum atomic E-state index is -4.57. The Morgan fingerprint density at radius 1 is 1.00 bits per heavy atom. The molecule has 2 aromatic carbocycles. The third-order valence-corrected chi connectivity index (χ3v) is 4.34. The molecule has 0 radical (unpaired) electrons. The van der Waals surface area contributed by atoms with Crippen LogP contribution in [0, 0.1) is 5.82 Å². The Bertz CT molecular complexity index is 1170. The van der Waals surface area contributed by atoms with Crippen LogP contribution in [0.5, 0.6) is 0 Å². The topological polar surface area (TPSA) is 54.8 Å². The summed E-state index contributed by atoms with van der Waals surface area (Å²) in [6.45, 7) is 0. The van der Waals surface area contributed by atoms with Gasteiger partial charge in [0.1, 0.15) is 17.2 Å². The zero-order chi connectivity index (χ0) is 20.6. The Hall–Kier alpha value is -3.62. The molecule has 0 unspecified atom stereocenters. The van der Waals surface area contributed by atoms with Gasteiger partial charge in [-0.2, -0.15) is 13.2 Å². The summed E-state index contributed by atoms with van der Waals surface area (Å²) in [5.41, 5.74) is 0.806. The van der Waals surface area contributed by atoms with Gasteiger partial charge >= 0.3 is 6.18 Å². The summed E-state index contributed by atoms with van der Waals surface area (Å²) in [4.78, 5) is 8.61. The zero-order valence-corrected chi connectivity index (χ0v) is 15.1. The SMILES string of the molecule is CNc1nc2cnc(Nc3cc(C(F)(F)F)ccc3F)cc2n1-c1ccccc1. The number of pyridine rings is 1. The highest BCUT2D eigenvalue weighted by atomic mass is 19.4. The molecule has 148 valence electrons. The number of aromatic nitrogens is 3. The van der Waals surface area contributed by atoms with E-state index in [9.17, 15) is 17.6 Å². The average molecular weight is 401 g/mol. The standard InChI is InChI=1S/C20H15F4N5/c1-25-19-28-16-11-26-18(10-17(16)29(19)13-5-3-2-4-6-13)27-15-9-12(20(22,23)24)7-8-14(15)21/h2-11H,1H3,(H,25,28)(H,26,27). The third kappa shape index (κ3) is 3.58. The molecule has 4 aromatic rings. The fraction of sp³-hybridized carbons (Fsp3) is 0.100. The van der Waals surface area contributed by atoms with E-state index in [0.717, 1.165) is 11.8 Å². The van der Waals surface area contributed by atoms with Gasteiger partial charge in [-0.25, -0.2) is 14.4 Å². The number of hydrogen-bond acceptors (Lipinski definition) is 4. The Balaban J connectivity index is 1.79. The summed E-state index contributed by atoms with van der Waals surface area (Å²) < 4.78 is 54.7. The van der Waals surface area contributed by atoms with Crippen LogP contribution in [0.3, 0.4) is 0 Å². The van der Waals surface area contributed by atoms with Crippen LogP contribution in [0.1, 0.15) is 5.56 Å². The van der Waals surface area contributed by atoms with E-state index < -0.39 is 17.6 Å². The maximum absolute atomic E-state index is 14.1. The number of halogens is 4. The summed E-state index contributed by atoms with van der Waals surface area (Å²) >= 11 is 0. The van der Waals surface area contributed by atoms with E-state index in [-0.39, 0.29) is 11.5 Å². The molecule has 0 amide bonds. The monoisotopic (exact) mass is 401 g/mol. The Labute approximate surface area is 163 Å². The first-order chi connectivity index (χ1) is 13.9. The maximum Gasteiger partial charge on any atom is 0.416 e. The second-order valence-electron chi connectivity index (χ2n) is 6.23. The first-order valence-electron chi connectivity index (χ1n) is 8.62. The molecule has 9 heteroatoms. The molecule has 0 saturated heterocycles. The van der Waals surface area contributed by atoms with Crippen LogP contribution in [0.2, 0.25) is 0 Å². The fourth-order valence-corrected chi connectivity index (χ4v) is 2.99. The first-order valence-corrected chi connectivity index (χ1v) is 8.62. The van der Waals surface area contributed by atoms with Crippen LogP contribution in [0.15, 0.2) is 60.8 Å². The van der Waals surface area contributed by atoms with E-state index in [1.807, 2.05) is 34.9 Å². The number of hydrogen-bond donors (Lipinski definition) is 2. The minimum absolute atomic E-state index is 0.190. The molecular formula is C20H15F4N5. The van der Waals surface area contributed by atoms with Crippen LogP contribution in [-0.2, 0) is 6.18 Å². The molecule has 0 aliphatic heterocycles. The Morgan fingerprint density at radius 3 is 2.45 bits per heavy atom. The highest BCUT2D eigenvalue weighted by molar-refractivity contribution is 5.83. The van der Waals surface area contributed by atoms with Crippen molar-refractivity contribution in [3.63, 3.8) is 0 Å². The van der Waals surface area contributed by atoms with Gasteiger partial charge in [-0.3, -0.25) is 4.57 Å². The largest absolute Gasteiger partial charge is 0.416 e. The smallest absolute Gasteiger partial charge is 0.358 e. The van der Waals surface area contributed by atoms with E-state index in [4.69, 9.17) is 0 Å². The molecule has 0 aliphatic rings. The molecular weight excluding hydrogens is 386 g/mol. The number of imidazole rings is 1. The van der Waals surface area contributed by atoms with Crippen LogP contribution in [0.25, 0.3) is 16.7 Å². The quantitative estimate of drug-likeness (QED) is 0.452. The molecule has 29 heavy (non-hydrogen) atoms. The van der Waals surface area contributed by atoms with Crippen molar-refractivity contribution in [2.45, 2.75) is 6.18 Å². The number of fused-ring (bicyclic) bond motifs is 1.